The minimum absolute atomic E-state index is 0.138. The van der Waals surface area contributed by atoms with Gasteiger partial charge in [0.25, 0.3) is 5.91 Å². The first kappa shape index (κ1) is 26.2. The lowest BCUT2D eigenvalue weighted by molar-refractivity contribution is -0.121. The molecule has 192 valence electrons. The standard InChI is InChI=1S/C31H28N2O5/c1-2-37-31(36)38-26-19-17-24(18-20-26)29(34)33-27-16-10-9-15-25(27)21-32-30(35)28(22-11-5-3-6-12-22)23-13-7-4-8-14-23/h3-20,28H,2,21H2,1H3,(H,32,35)(H,33,34). The monoisotopic (exact) mass is 508 g/mol. The van der Waals surface area contributed by atoms with E-state index < -0.39 is 12.1 Å². The number of nitrogens with one attached hydrogen (secondary N) is 2. The highest BCUT2D eigenvalue weighted by molar-refractivity contribution is 6.04. The normalized spacial score (nSPS) is 10.5. The number of amides is 2. The van der Waals surface area contributed by atoms with Gasteiger partial charge in [0.05, 0.1) is 12.5 Å². The zero-order valence-electron chi connectivity index (χ0n) is 20.9. The fourth-order valence-corrected chi connectivity index (χ4v) is 3.98. The molecule has 0 atom stereocenters. The zero-order valence-corrected chi connectivity index (χ0v) is 20.9. The summed E-state index contributed by atoms with van der Waals surface area (Å²) in [4.78, 5) is 37.7. The number of rotatable bonds is 9. The Labute approximate surface area is 221 Å². The third-order valence-corrected chi connectivity index (χ3v) is 5.83. The van der Waals surface area contributed by atoms with Gasteiger partial charge in [0.2, 0.25) is 5.91 Å². The molecule has 4 rings (SSSR count). The van der Waals surface area contributed by atoms with Crippen LogP contribution in [0.2, 0.25) is 0 Å². The largest absolute Gasteiger partial charge is 0.513 e. The molecule has 0 saturated heterocycles. The van der Waals surface area contributed by atoms with Gasteiger partial charge in [-0.1, -0.05) is 78.9 Å². The maximum absolute atomic E-state index is 13.4. The van der Waals surface area contributed by atoms with E-state index in [2.05, 4.69) is 10.6 Å². The maximum atomic E-state index is 13.4. The van der Waals surface area contributed by atoms with Gasteiger partial charge in [0.1, 0.15) is 5.75 Å². The van der Waals surface area contributed by atoms with Crippen molar-refractivity contribution in [2.45, 2.75) is 19.4 Å². The molecular formula is C31H28N2O5. The number of anilines is 1. The summed E-state index contributed by atoms with van der Waals surface area (Å²) in [6.45, 7) is 2.12. The topological polar surface area (TPSA) is 93.7 Å². The molecule has 0 unspecified atom stereocenters. The van der Waals surface area contributed by atoms with E-state index in [1.54, 1.807) is 25.1 Å². The molecule has 0 heterocycles. The Morgan fingerprint density at radius 3 is 1.92 bits per heavy atom. The Hall–Kier alpha value is -4.91. The molecule has 0 saturated carbocycles. The van der Waals surface area contributed by atoms with Crippen molar-refractivity contribution in [3.8, 4) is 5.75 Å². The molecule has 0 aromatic heterocycles. The van der Waals surface area contributed by atoms with Crippen molar-refractivity contribution in [2.75, 3.05) is 11.9 Å². The van der Waals surface area contributed by atoms with Crippen molar-refractivity contribution in [1.82, 2.24) is 5.32 Å². The molecule has 4 aromatic rings. The van der Waals surface area contributed by atoms with E-state index in [1.807, 2.05) is 78.9 Å². The Morgan fingerprint density at radius 2 is 1.32 bits per heavy atom. The van der Waals surface area contributed by atoms with Gasteiger partial charge >= 0.3 is 6.16 Å². The lowest BCUT2D eigenvalue weighted by Crippen LogP contribution is -2.30. The van der Waals surface area contributed by atoms with Gasteiger partial charge in [-0.05, 0) is 53.9 Å². The van der Waals surface area contributed by atoms with E-state index in [0.29, 0.717) is 11.3 Å². The average Bonchev–Trinajstić information content (AvgIpc) is 2.94. The van der Waals surface area contributed by atoms with Crippen LogP contribution in [0, 0.1) is 0 Å². The van der Waals surface area contributed by atoms with E-state index in [0.717, 1.165) is 16.7 Å². The van der Waals surface area contributed by atoms with Crippen molar-refractivity contribution in [1.29, 1.82) is 0 Å². The van der Waals surface area contributed by atoms with Crippen LogP contribution >= 0.6 is 0 Å². The number of benzene rings is 4. The van der Waals surface area contributed by atoms with Gasteiger partial charge in [-0.15, -0.1) is 0 Å². The average molecular weight is 509 g/mol. The first-order chi connectivity index (χ1) is 18.5. The number of carbonyl (C=O) groups is 3. The Morgan fingerprint density at radius 1 is 0.737 bits per heavy atom. The van der Waals surface area contributed by atoms with Crippen molar-refractivity contribution in [3.63, 3.8) is 0 Å². The van der Waals surface area contributed by atoms with Gasteiger partial charge in [-0.25, -0.2) is 4.79 Å². The zero-order chi connectivity index (χ0) is 26.7. The second kappa shape index (κ2) is 12.9. The highest BCUT2D eigenvalue weighted by Gasteiger charge is 2.22. The van der Waals surface area contributed by atoms with E-state index in [1.165, 1.54) is 12.1 Å². The Balaban J connectivity index is 1.44. The molecule has 0 spiro atoms. The molecule has 0 fully saturated rings. The highest BCUT2D eigenvalue weighted by atomic mass is 16.7. The van der Waals surface area contributed by atoms with Gasteiger partial charge in [-0.3, -0.25) is 9.59 Å². The van der Waals surface area contributed by atoms with Gasteiger partial charge in [0, 0.05) is 17.8 Å². The van der Waals surface area contributed by atoms with Crippen molar-refractivity contribution in [2.24, 2.45) is 0 Å². The molecule has 0 aliphatic rings. The first-order valence-corrected chi connectivity index (χ1v) is 12.3. The highest BCUT2D eigenvalue weighted by Crippen LogP contribution is 2.25. The molecule has 4 aromatic carbocycles. The Bertz CT molecular complexity index is 1330. The van der Waals surface area contributed by atoms with Gasteiger partial charge in [-0.2, -0.15) is 0 Å². The molecule has 38 heavy (non-hydrogen) atoms. The van der Waals surface area contributed by atoms with Crippen LogP contribution in [-0.4, -0.2) is 24.6 Å². The SMILES string of the molecule is CCOC(=O)Oc1ccc(C(=O)Nc2ccccc2CNC(=O)C(c2ccccc2)c2ccccc2)cc1. The van der Waals surface area contributed by atoms with Crippen LogP contribution in [-0.2, 0) is 16.1 Å². The summed E-state index contributed by atoms with van der Waals surface area (Å²) in [5, 5.41) is 5.94. The number of para-hydroxylation sites is 1. The van der Waals surface area contributed by atoms with Crippen LogP contribution in [0.4, 0.5) is 10.5 Å². The van der Waals surface area contributed by atoms with Crippen molar-refractivity contribution >= 4 is 23.7 Å². The second-order valence-corrected chi connectivity index (χ2v) is 8.39. The predicted molar refractivity (Wildman–Crippen MR) is 145 cm³/mol. The maximum Gasteiger partial charge on any atom is 0.513 e. The number of hydrogen-bond donors (Lipinski definition) is 2. The Kier molecular flexibility index (Phi) is 8.86. The molecule has 0 radical (unpaired) electrons. The third-order valence-electron chi connectivity index (χ3n) is 5.83. The van der Waals surface area contributed by atoms with Gasteiger partial charge < -0.3 is 20.1 Å². The van der Waals surface area contributed by atoms with E-state index in [4.69, 9.17) is 9.47 Å². The summed E-state index contributed by atoms with van der Waals surface area (Å²) >= 11 is 0. The summed E-state index contributed by atoms with van der Waals surface area (Å²) in [5.74, 6) is -0.664. The molecule has 2 amide bonds. The fraction of sp³-hybridized carbons (Fsp3) is 0.129. The van der Waals surface area contributed by atoms with Gasteiger partial charge in [0.15, 0.2) is 0 Å². The minimum Gasteiger partial charge on any atom is -0.434 e. The third kappa shape index (κ3) is 6.85. The minimum atomic E-state index is -0.803. The van der Waals surface area contributed by atoms with Crippen LogP contribution < -0.4 is 15.4 Å². The molecule has 7 heteroatoms. The lowest BCUT2D eigenvalue weighted by Gasteiger charge is -2.19. The van der Waals surface area contributed by atoms with E-state index in [9.17, 15) is 14.4 Å². The predicted octanol–water partition coefficient (Wildman–Crippen LogP) is 5.92. The molecule has 0 aliphatic heterocycles. The summed E-state index contributed by atoms with van der Waals surface area (Å²) in [7, 11) is 0. The second-order valence-electron chi connectivity index (χ2n) is 8.39. The number of ether oxygens (including phenoxy) is 2. The molecule has 0 aliphatic carbocycles. The van der Waals surface area contributed by atoms with Crippen molar-refractivity contribution in [3.05, 3.63) is 131 Å². The lowest BCUT2D eigenvalue weighted by atomic mass is 9.90. The van der Waals surface area contributed by atoms with Crippen LogP contribution in [0.5, 0.6) is 5.75 Å². The van der Waals surface area contributed by atoms with Crippen LogP contribution in [0.25, 0.3) is 0 Å². The molecule has 7 nitrogen and oxygen atoms in total. The fourth-order valence-electron chi connectivity index (χ4n) is 3.98. The first-order valence-electron chi connectivity index (χ1n) is 12.3. The molecule has 2 N–H and O–H groups in total. The number of hydrogen-bond acceptors (Lipinski definition) is 5. The summed E-state index contributed by atoms with van der Waals surface area (Å²) in [6, 6.07) is 32.7. The summed E-state index contributed by atoms with van der Waals surface area (Å²) in [6.07, 6.45) is -0.803. The van der Waals surface area contributed by atoms with E-state index >= 15 is 0 Å². The van der Waals surface area contributed by atoms with Crippen molar-refractivity contribution < 1.29 is 23.9 Å². The summed E-state index contributed by atoms with van der Waals surface area (Å²) in [5.41, 5.74) is 3.52. The quantitative estimate of drug-likeness (QED) is 0.216. The van der Waals surface area contributed by atoms with E-state index in [-0.39, 0.29) is 30.7 Å². The van der Waals surface area contributed by atoms with Crippen LogP contribution in [0.3, 0.4) is 0 Å². The van der Waals surface area contributed by atoms with Crippen LogP contribution in [0.15, 0.2) is 109 Å². The smallest absolute Gasteiger partial charge is 0.434 e. The summed E-state index contributed by atoms with van der Waals surface area (Å²) < 4.78 is 9.78. The molecular weight excluding hydrogens is 480 g/mol. The van der Waals surface area contributed by atoms with Crippen LogP contribution in [0.1, 0.15) is 39.9 Å². The number of carbonyl (C=O) groups excluding carboxylic acids is 3. The molecule has 0 bridgehead atoms.